The number of hydrogen-bond donors (Lipinski definition) is 1. The quantitative estimate of drug-likeness (QED) is 0.570. The van der Waals surface area contributed by atoms with Gasteiger partial charge in [0.15, 0.2) is 0 Å². The van der Waals surface area contributed by atoms with Gasteiger partial charge in [-0.25, -0.2) is 13.1 Å². The number of nitrogens with one attached hydrogen (secondary N) is 1. The molecule has 0 aliphatic carbocycles. The fourth-order valence-electron chi connectivity index (χ4n) is 2.90. The van der Waals surface area contributed by atoms with Crippen LogP contribution < -0.4 is 4.72 Å². The summed E-state index contributed by atoms with van der Waals surface area (Å²) in [5.74, 6) is 0. The number of hydrogen-bond acceptors (Lipinski definition) is 4. The Balaban J connectivity index is 1.87. The molecule has 2 aromatic carbocycles. The second kappa shape index (κ2) is 9.24. The predicted molar refractivity (Wildman–Crippen MR) is 118 cm³/mol. The molecule has 0 fully saturated rings. The van der Waals surface area contributed by atoms with E-state index in [9.17, 15) is 8.42 Å². The maximum Gasteiger partial charge on any atom is 0.241 e. The zero-order valence-electron chi connectivity index (χ0n) is 16.0. The highest BCUT2D eigenvalue weighted by Crippen LogP contribution is 2.27. The molecular weight excluding hydrogens is 429 g/mol. The summed E-state index contributed by atoms with van der Waals surface area (Å²) in [4.78, 5) is 6.37. The number of nitrogens with zero attached hydrogens (tertiary/aromatic N) is 2. The molecule has 152 valence electrons. The van der Waals surface area contributed by atoms with Gasteiger partial charge in [0, 0.05) is 18.3 Å². The maximum absolute atomic E-state index is 13.0. The highest BCUT2D eigenvalue weighted by atomic mass is 35.5. The summed E-state index contributed by atoms with van der Waals surface area (Å²) in [6, 6.07) is 16.9. The molecule has 0 bridgehead atoms. The van der Waals surface area contributed by atoms with E-state index in [0.717, 1.165) is 16.8 Å². The van der Waals surface area contributed by atoms with E-state index < -0.39 is 16.1 Å². The van der Waals surface area contributed by atoms with E-state index in [-0.39, 0.29) is 4.90 Å². The maximum atomic E-state index is 13.0. The minimum absolute atomic E-state index is 0.181. The smallest absolute Gasteiger partial charge is 0.241 e. The summed E-state index contributed by atoms with van der Waals surface area (Å²) in [5.41, 5.74) is 2.37. The number of benzene rings is 2. The lowest BCUT2D eigenvalue weighted by Gasteiger charge is -2.23. The van der Waals surface area contributed by atoms with Crippen LogP contribution in [0.3, 0.4) is 0 Å². The number of likely N-dealkylation sites (N-methyl/N-ethyl adjacent to an activating group) is 1. The summed E-state index contributed by atoms with van der Waals surface area (Å²) >= 11 is 12.1. The molecule has 0 saturated carbocycles. The van der Waals surface area contributed by atoms with Gasteiger partial charge in [0.1, 0.15) is 0 Å². The second-order valence-electron chi connectivity index (χ2n) is 6.85. The molecule has 3 aromatic rings. The summed E-state index contributed by atoms with van der Waals surface area (Å²) < 4.78 is 28.8. The summed E-state index contributed by atoms with van der Waals surface area (Å²) in [6.45, 7) is 0.462. The molecule has 1 N–H and O–H groups in total. The molecule has 0 saturated heterocycles. The third kappa shape index (κ3) is 5.56. The van der Waals surface area contributed by atoms with Crippen molar-refractivity contribution in [1.82, 2.24) is 14.6 Å². The van der Waals surface area contributed by atoms with Gasteiger partial charge in [-0.05, 0) is 56.1 Å². The van der Waals surface area contributed by atoms with E-state index in [2.05, 4.69) is 9.71 Å². The molecule has 0 aliphatic rings. The van der Waals surface area contributed by atoms with Gasteiger partial charge < -0.3 is 4.90 Å². The van der Waals surface area contributed by atoms with E-state index in [1.54, 1.807) is 48.7 Å². The van der Waals surface area contributed by atoms with Gasteiger partial charge >= 0.3 is 0 Å². The molecule has 5 nitrogen and oxygen atoms in total. The second-order valence-corrected chi connectivity index (χ2v) is 9.38. The summed E-state index contributed by atoms with van der Waals surface area (Å²) in [6.07, 6.45) is 1.70. The molecule has 8 heteroatoms. The lowest BCUT2D eigenvalue weighted by molar-refractivity contribution is 0.363. The van der Waals surface area contributed by atoms with Crippen LogP contribution in [0.25, 0.3) is 11.3 Å². The Morgan fingerprint density at radius 3 is 2.31 bits per heavy atom. The Hall–Kier alpha value is -1.96. The van der Waals surface area contributed by atoms with E-state index in [1.807, 2.05) is 37.2 Å². The zero-order chi connectivity index (χ0) is 21.0. The van der Waals surface area contributed by atoms with E-state index in [0.29, 0.717) is 16.6 Å². The molecule has 0 amide bonds. The molecule has 1 heterocycles. The van der Waals surface area contributed by atoms with Gasteiger partial charge in [0.2, 0.25) is 10.0 Å². The van der Waals surface area contributed by atoms with Crippen LogP contribution in [-0.4, -0.2) is 38.9 Å². The first-order chi connectivity index (χ1) is 13.8. The zero-order valence-corrected chi connectivity index (χ0v) is 18.3. The molecule has 1 atom stereocenters. The van der Waals surface area contributed by atoms with Crippen molar-refractivity contribution in [3.63, 3.8) is 0 Å². The molecule has 29 heavy (non-hydrogen) atoms. The first-order valence-corrected chi connectivity index (χ1v) is 11.1. The van der Waals surface area contributed by atoms with E-state index in [4.69, 9.17) is 23.2 Å². The average molecular weight is 450 g/mol. The first kappa shape index (κ1) is 21.7. The van der Waals surface area contributed by atoms with Gasteiger partial charge in [0.25, 0.3) is 0 Å². The van der Waals surface area contributed by atoms with Crippen LogP contribution >= 0.6 is 23.2 Å². The average Bonchev–Trinajstić information content (AvgIpc) is 2.70. The van der Waals surface area contributed by atoms with Crippen molar-refractivity contribution in [1.29, 1.82) is 0 Å². The number of sulfonamides is 1. The molecule has 0 unspecified atom stereocenters. The van der Waals surface area contributed by atoms with Crippen molar-refractivity contribution in [2.45, 2.75) is 10.9 Å². The number of pyridine rings is 1. The Labute approximate surface area is 181 Å². The minimum atomic E-state index is -3.75. The lowest BCUT2D eigenvalue weighted by Crippen LogP contribution is -2.35. The van der Waals surface area contributed by atoms with Crippen molar-refractivity contribution in [3.05, 3.63) is 82.5 Å². The molecule has 0 spiro atoms. The van der Waals surface area contributed by atoms with E-state index in [1.165, 1.54) is 0 Å². The lowest BCUT2D eigenvalue weighted by atomic mass is 10.1. The fourth-order valence-corrected chi connectivity index (χ4v) is 4.42. The van der Waals surface area contributed by atoms with Crippen LogP contribution in [0.15, 0.2) is 71.8 Å². The normalized spacial score (nSPS) is 12.9. The van der Waals surface area contributed by atoms with Crippen molar-refractivity contribution in [2.24, 2.45) is 0 Å². The number of halogens is 2. The van der Waals surface area contributed by atoms with Gasteiger partial charge in [-0.15, -0.1) is 0 Å². The van der Waals surface area contributed by atoms with Crippen LogP contribution in [0.4, 0.5) is 0 Å². The van der Waals surface area contributed by atoms with Crippen LogP contribution in [0.5, 0.6) is 0 Å². The van der Waals surface area contributed by atoms with Crippen molar-refractivity contribution >= 4 is 33.2 Å². The molecule has 1 aromatic heterocycles. The van der Waals surface area contributed by atoms with Gasteiger partial charge in [-0.1, -0.05) is 47.5 Å². The Bertz CT molecular complexity index is 1070. The van der Waals surface area contributed by atoms with Gasteiger partial charge in [0.05, 0.1) is 26.7 Å². The fraction of sp³-hybridized carbons (Fsp3) is 0.190. The number of aromatic nitrogens is 1. The number of rotatable bonds is 7. The Morgan fingerprint density at radius 1 is 1.00 bits per heavy atom. The molecule has 3 rings (SSSR count). The van der Waals surface area contributed by atoms with Crippen molar-refractivity contribution in [2.75, 3.05) is 20.6 Å². The topological polar surface area (TPSA) is 62.3 Å². The third-order valence-electron chi connectivity index (χ3n) is 4.32. The predicted octanol–water partition coefficient (Wildman–Crippen LogP) is 4.64. The van der Waals surface area contributed by atoms with Gasteiger partial charge in [-0.3, -0.25) is 4.98 Å². The van der Waals surface area contributed by atoms with Gasteiger partial charge in [-0.2, -0.15) is 0 Å². The standard InChI is InChI=1S/C21H21Cl2N3O2S/c1-26(2)14-21(16-8-11-18(22)19(23)13-16)25-29(27,28)17-9-6-15(7-10-17)20-5-3-4-12-24-20/h3-13,21,25H,14H2,1-2H3/t21-/m0/s1. The highest BCUT2D eigenvalue weighted by molar-refractivity contribution is 7.89. The van der Waals surface area contributed by atoms with E-state index >= 15 is 0 Å². The van der Waals surface area contributed by atoms with Crippen LogP contribution in [0, 0.1) is 0 Å². The van der Waals surface area contributed by atoms with Crippen molar-refractivity contribution in [3.8, 4) is 11.3 Å². The third-order valence-corrected chi connectivity index (χ3v) is 6.54. The summed E-state index contributed by atoms with van der Waals surface area (Å²) in [5, 5.41) is 0.804. The summed E-state index contributed by atoms with van der Waals surface area (Å²) in [7, 11) is 0.00262. The molecule has 0 radical (unpaired) electrons. The van der Waals surface area contributed by atoms with Crippen LogP contribution in [0.2, 0.25) is 10.0 Å². The highest BCUT2D eigenvalue weighted by Gasteiger charge is 2.23. The Kier molecular flexibility index (Phi) is 6.93. The SMILES string of the molecule is CN(C)C[C@H](NS(=O)(=O)c1ccc(-c2ccccn2)cc1)c1ccc(Cl)c(Cl)c1. The van der Waals surface area contributed by atoms with Crippen molar-refractivity contribution < 1.29 is 8.42 Å². The van der Waals surface area contributed by atoms with Crippen LogP contribution in [-0.2, 0) is 10.0 Å². The first-order valence-electron chi connectivity index (χ1n) is 8.90. The Morgan fingerprint density at radius 2 is 1.72 bits per heavy atom. The largest absolute Gasteiger partial charge is 0.307 e. The molecular formula is C21H21Cl2N3O2S. The monoisotopic (exact) mass is 449 g/mol. The van der Waals surface area contributed by atoms with Crippen LogP contribution in [0.1, 0.15) is 11.6 Å². The minimum Gasteiger partial charge on any atom is -0.307 e. The molecule has 0 aliphatic heterocycles.